The highest BCUT2D eigenvalue weighted by Gasteiger charge is 2.36. The third kappa shape index (κ3) is 8.78. The van der Waals surface area contributed by atoms with Crippen molar-refractivity contribution in [2.24, 2.45) is 0 Å². The fourth-order valence-corrected chi connectivity index (χ4v) is 4.90. The number of nitrogens with one attached hydrogen (secondary N) is 1. The minimum absolute atomic E-state index is 0.0538. The highest BCUT2D eigenvalue weighted by molar-refractivity contribution is 7.92. The van der Waals surface area contributed by atoms with E-state index in [1.54, 1.807) is 31.2 Å². The summed E-state index contributed by atoms with van der Waals surface area (Å²) in [4.78, 5) is 27.8. The first kappa shape index (κ1) is 31.7. The number of rotatable bonds is 12. The molecule has 0 aliphatic carbocycles. The fraction of sp³-hybridized carbons (Fsp3) is 0.440. The number of hydrogen-bond acceptors (Lipinski definition) is 4. The van der Waals surface area contributed by atoms with Crippen molar-refractivity contribution in [2.75, 3.05) is 23.7 Å². The third-order valence-corrected chi connectivity index (χ3v) is 7.43. The zero-order valence-corrected chi connectivity index (χ0v) is 23.5. The molecule has 2 amide bonds. The van der Waals surface area contributed by atoms with Gasteiger partial charge < -0.3 is 10.2 Å². The lowest BCUT2D eigenvalue weighted by molar-refractivity contribution is -0.140. The van der Waals surface area contributed by atoms with E-state index in [1.165, 1.54) is 4.90 Å². The average Bonchev–Trinajstić information content (AvgIpc) is 2.82. The fourth-order valence-electron chi connectivity index (χ4n) is 3.71. The second kappa shape index (κ2) is 13.5. The summed E-state index contributed by atoms with van der Waals surface area (Å²) in [6.07, 6.45) is -2.28. The Balaban J connectivity index is 2.48. The first-order valence-electron chi connectivity index (χ1n) is 11.8. The lowest BCUT2D eigenvalue weighted by atomic mass is 10.1. The van der Waals surface area contributed by atoms with Crippen LogP contribution in [0.3, 0.4) is 0 Å². The number of carbonyl (C=O) groups is 2. The maximum atomic E-state index is 13.6. The van der Waals surface area contributed by atoms with Gasteiger partial charge in [-0.15, -0.1) is 0 Å². The normalized spacial score (nSPS) is 12.6. The number of anilines is 1. The summed E-state index contributed by atoms with van der Waals surface area (Å²) in [5, 5.41) is 2.63. The Morgan fingerprint density at radius 3 is 2.21 bits per heavy atom. The molecule has 2 rings (SSSR count). The highest BCUT2D eigenvalue weighted by atomic mass is 35.5. The molecular weight excluding hydrogens is 566 g/mol. The van der Waals surface area contributed by atoms with E-state index in [2.05, 4.69) is 5.32 Å². The summed E-state index contributed by atoms with van der Waals surface area (Å²) in [6, 6.07) is 8.17. The molecule has 0 aliphatic heterocycles. The van der Waals surface area contributed by atoms with Gasteiger partial charge in [0.1, 0.15) is 12.6 Å². The molecular formula is C25H30Cl2F3N3O4S. The van der Waals surface area contributed by atoms with Gasteiger partial charge in [-0.3, -0.25) is 13.9 Å². The Kier molecular flexibility index (Phi) is 11.3. The minimum Gasteiger partial charge on any atom is -0.354 e. The Bertz CT molecular complexity index is 1230. The van der Waals surface area contributed by atoms with E-state index in [4.69, 9.17) is 23.2 Å². The third-order valence-electron chi connectivity index (χ3n) is 5.70. The zero-order chi connectivity index (χ0) is 28.7. The van der Waals surface area contributed by atoms with Gasteiger partial charge in [-0.25, -0.2) is 8.42 Å². The van der Waals surface area contributed by atoms with Crippen LogP contribution in [0.1, 0.15) is 44.2 Å². The van der Waals surface area contributed by atoms with Gasteiger partial charge in [-0.2, -0.15) is 13.2 Å². The Morgan fingerprint density at radius 2 is 1.68 bits per heavy atom. The molecule has 0 heterocycles. The number of hydrogen-bond donors (Lipinski definition) is 1. The van der Waals surface area contributed by atoms with Gasteiger partial charge in [0, 0.05) is 18.1 Å². The van der Waals surface area contributed by atoms with Crippen LogP contribution in [0, 0.1) is 0 Å². The lowest BCUT2D eigenvalue weighted by Crippen LogP contribution is -2.52. The summed E-state index contributed by atoms with van der Waals surface area (Å²) < 4.78 is 66.1. The van der Waals surface area contributed by atoms with Gasteiger partial charge in [0.05, 0.1) is 22.5 Å². The van der Waals surface area contributed by atoms with Crippen molar-refractivity contribution in [3.8, 4) is 0 Å². The van der Waals surface area contributed by atoms with Crippen molar-refractivity contribution < 1.29 is 31.2 Å². The zero-order valence-electron chi connectivity index (χ0n) is 21.2. The van der Waals surface area contributed by atoms with Gasteiger partial charge >= 0.3 is 6.18 Å². The van der Waals surface area contributed by atoms with Crippen LogP contribution in [-0.4, -0.2) is 50.5 Å². The van der Waals surface area contributed by atoms with Crippen LogP contribution in [0.25, 0.3) is 0 Å². The largest absolute Gasteiger partial charge is 0.417 e. The molecule has 13 heteroatoms. The van der Waals surface area contributed by atoms with E-state index in [-0.39, 0.29) is 18.7 Å². The van der Waals surface area contributed by atoms with E-state index in [0.717, 1.165) is 31.2 Å². The molecule has 0 aromatic heterocycles. The number of carbonyl (C=O) groups excluding carboxylic acids is 2. The smallest absolute Gasteiger partial charge is 0.354 e. The predicted octanol–water partition coefficient (Wildman–Crippen LogP) is 5.50. The van der Waals surface area contributed by atoms with E-state index in [1.807, 2.05) is 6.92 Å². The number of alkyl halides is 3. The molecule has 0 aliphatic rings. The summed E-state index contributed by atoms with van der Waals surface area (Å²) in [7, 11) is -4.21. The second-order valence-corrected chi connectivity index (χ2v) is 11.4. The molecule has 210 valence electrons. The molecule has 1 atom stereocenters. The lowest BCUT2D eigenvalue weighted by Gasteiger charge is -2.33. The van der Waals surface area contributed by atoms with Crippen LogP contribution < -0.4 is 9.62 Å². The quantitative estimate of drug-likeness (QED) is 0.328. The Hall–Kier alpha value is -2.50. The van der Waals surface area contributed by atoms with E-state index < -0.39 is 51.2 Å². The molecule has 1 unspecified atom stereocenters. The summed E-state index contributed by atoms with van der Waals surface area (Å²) in [5.74, 6) is -1.19. The van der Waals surface area contributed by atoms with Crippen molar-refractivity contribution in [3.05, 3.63) is 63.6 Å². The number of halogens is 5. The van der Waals surface area contributed by atoms with Gasteiger partial charge in [-0.1, -0.05) is 55.6 Å². The van der Waals surface area contributed by atoms with Gasteiger partial charge in [0.2, 0.25) is 21.8 Å². The number of benzene rings is 2. The number of nitrogens with zero attached hydrogens (tertiary/aromatic N) is 2. The van der Waals surface area contributed by atoms with Crippen molar-refractivity contribution in [1.82, 2.24) is 10.2 Å². The van der Waals surface area contributed by atoms with E-state index in [0.29, 0.717) is 27.5 Å². The average molecular weight is 596 g/mol. The Morgan fingerprint density at radius 1 is 1.05 bits per heavy atom. The van der Waals surface area contributed by atoms with Crippen LogP contribution in [-0.2, 0) is 32.3 Å². The SMILES string of the molecule is CCCCNC(=O)C(CC)N(Cc1ccc(Cl)cc1)C(=O)CN(c1ccc(Cl)c(C(F)(F)F)c1)S(C)(=O)=O. The summed E-state index contributed by atoms with van der Waals surface area (Å²) in [5.41, 5.74) is -0.999. The van der Waals surface area contributed by atoms with Crippen molar-refractivity contribution >= 4 is 50.7 Å². The van der Waals surface area contributed by atoms with Gasteiger partial charge in [0.25, 0.3) is 0 Å². The molecule has 0 spiro atoms. The van der Waals surface area contributed by atoms with Crippen LogP contribution in [0.15, 0.2) is 42.5 Å². The molecule has 0 radical (unpaired) electrons. The number of amides is 2. The van der Waals surface area contributed by atoms with Gasteiger partial charge in [0.15, 0.2) is 0 Å². The summed E-state index contributed by atoms with van der Waals surface area (Å²) in [6.45, 7) is 3.18. The monoisotopic (exact) mass is 595 g/mol. The molecule has 0 bridgehead atoms. The first-order valence-corrected chi connectivity index (χ1v) is 14.5. The topological polar surface area (TPSA) is 86.8 Å². The number of unbranched alkanes of at least 4 members (excludes halogenated alkanes) is 1. The van der Waals surface area contributed by atoms with Crippen molar-refractivity contribution in [3.63, 3.8) is 0 Å². The molecule has 2 aromatic rings. The van der Waals surface area contributed by atoms with Crippen LogP contribution in [0.2, 0.25) is 10.0 Å². The van der Waals surface area contributed by atoms with E-state index >= 15 is 0 Å². The summed E-state index contributed by atoms with van der Waals surface area (Å²) >= 11 is 11.6. The van der Waals surface area contributed by atoms with E-state index in [9.17, 15) is 31.2 Å². The molecule has 1 N–H and O–H groups in total. The minimum atomic E-state index is -4.84. The van der Waals surface area contributed by atoms with Crippen molar-refractivity contribution in [1.29, 1.82) is 0 Å². The highest BCUT2D eigenvalue weighted by Crippen LogP contribution is 2.37. The maximum absolute atomic E-state index is 13.6. The van der Waals surface area contributed by atoms with Gasteiger partial charge in [-0.05, 0) is 48.7 Å². The molecule has 38 heavy (non-hydrogen) atoms. The molecule has 0 saturated heterocycles. The predicted molar refractivity (Wildman–Crippen MR) is 143 cm³/mol. The van der Waals surface area contributed by atoms with Crippen LogP contribution >= 0.6 is 23.2 Å². The molecule has 0 fully saturated rings. The second-order valence-electron chi connectivity index (χ2n) is 8.65. The molecule has 2 aromatic carbocycles. The molecule has 7 nitrogen and oxygen atoms in total. The van der Waals surface area contributed by atoms with Crippen LogP contribution in [0.4, 0.5) is 18.9 Å². The Labute approximate surface area is 230 Å². The standard InChI is InChI=1S/C25H30Cl2F3N3O4S/c1-4-6-13-31-24(35)22(5-2)32(15-17-7-9-18(26)10-8-17)23(34)16-33(38(3,36)37)19-11-12-21(27)20(14-19)25(28,29)30/h7-12,14,22H,4-6,13,15-16H2,1-3H3,(H,31,35). The van der Waals surface area contributed by atoms with Crippen molar-refractivity contribution in [2.45, 2.75) is 51.9 Å². The number of sulfonamides is 1. The van der Waals surface area contributed by atoms with Crippen LogP contribution in [0.5, 0.6) is 0 Å². The first-order chi connectivity index (χ1) is 17.7. The maximum Gasteiger partial charge on any atom is 0.417 e. The molecule has 0 saturated carbocycles.